The lowest BCUT2D eigenvalue weighted by Crippen LogP contribution is -2.44. The molecule has 8 heteroatoms. The van der Waals surface area contributed by atoms with Crippen molar-refractivity contribution in [2.24, 2.45) is 0 Å². The maximum Gasteiger partial charge on any atom is 0.337 e. The van der Waals surface area contributed by atoms with Crippen LogP contribution in [0.15, 0.2) is 54.6 Å². The molecule has 2 aromatic carbocycles. The Morgan fingerprint density at radius 3 is 2.00 bits per heavy atom. The van der Waals surface area contributed by atoms with E-state index in [2.05, 4.69) is 21.5 Å². The summed E-state index contributed by atoms with van der Waals surface area (Å²) in [5.41, 5.74) is 5.62. The number of carbonyl (C=O) groups is 3. The molecule has 0 aliphatic heterocycles. The number of halogens is 1. The number of hydrogen-bond acceptors (Lipinski definition) is 3. The van der Waals surface area contributed by atoms with Crippen LogP contribution in [0.3, 0.4) is 0 Å². The van der Waals surface area contributed by atoms with Crippen LogP contribution >= 0.6 is 11.6 Å². The van der Waals surface area contributed by atoms with E-state index in [1.54, 1.807) is 48.5 Å². The highest BCUT2D eigenvalue weighted by Gasteiger charge is 2.08. The van der Waals surface area contributed by atoms with Gasteiger partial charge in [0, 0.05) is 29.2 Å². The molecule has 2 rings (SSSR count). The molecule has 0 unspecified atom stereocenters. The predicted molar refractivity (Wildman–Crippen MR) is 96.1 cm³/mol. The molecular formula is C17H17ClN4O3. The van der Waals surface area contributed by atoms with Crippen LogP contribution in [0, 0.1) is 0 Å². The molecule has 7 nitrogen and oxygen atoms in total. The highest BCUT2D eigenvalue weighted by molar-refractivity contribution is 6.30. The lowest BCUT2D eigenvalue weighted by atomic mass is 10.2. The molecule has 0 saturated heterocycles. The Labute approximate surface area is 149 Å². The Balaban J connectivity index is 1.65. The zero-order chi connectivity index (χ0) is 18.1. The summed E-state index contributed by atoms with van der Waals surface area (Å²) in [5, 5.41) is 5.74. The summed E-state index contributed by atoms with van der Waals surface area (Å²) in [4.78, 5) is 35.0. The third-order valence-electron chi connectivity index (χ3n) is 3.05. The first-order valence-electron chi connectivity index (χ1n) is 7.49. The number of hydrogen-bond donors (Lipinski definition) is 4. The summed E-state index contributed by atoms with van der Waals surface area (Å²) in [6.45, 7) is 0. The van der Waals surface area contributed by atoms with Crippen LogP contribution < -0.4 is 21.5 Å². The monoisotopic (exact) mass is 360 g/mol. The fraction of sp³-hybridized carbons (Fsp3) is 0.118. The summed E-state index contributed by atoms with van der Waals surface area (Å²) in [5.74, 6) is -0.763. The first-order chi connectivity index (χ1) is 12.0. The maximum absolute atomic E-state index is 11.7. The van der Waals surface area contributed by atoms with Crippen molar-refractivity contribution < 1.29 is 14.4 Å². The predicted octanol–water partition coefficient (Wildman–Crippen LogP) is 2.91. The fourth-order valence-electron chi connectivity index (χ4n) is 1.86. The molecule has 2 aromatic rings. The zero-order valence-electron chi connectivity index (χ0n) is 13.2. The van der Waals surface area contributed by atoms with Crippen LogP contribution in [0.5, 0.6) is 0 Å². The molecule has 0 spiro atoms. The van der Waals surface area contributed by atoms with Gasteiger partial charge in [0.05, 0.1) is 0 Å². The minimum absolute atomic E-state index is 0.00120. The number of rotatable bonds is 5. The van der Waals surface area contributed by atoms with Crippen molar-refractivity contribution in [1.82, 2.24) is 10.9 Å². The molecule has 0 fully saturated rings. The van der Waals surface area contributed by atoms with Crippen molar-refractivity contribution in [2.45, 2.75) is 12.8 Å². The second-order valence-electron chi connectivity index (χ2n) is 5.05. The Kier molecular flexibility index (Phi) is 6.79. The van der Waals surface area contributed by atoms with Gasteiger partial charge < -0.3 is 10.6 Å². The molecule has 0 heterocycles. The van der Waals surface area contributed by atoms with Crippen LogP contribution in [0.2, 0.25) is 5.02 Å². The zero-order valence-corrected chi connectivity index (χ0v) is 14.0. The van der Waals surface area contributed by atoms with Crippen molar-refractivity contribution in [2.75, 3.05) is 10.6 Å². The summed E-state index contributed by atoms with van der Waals surface area (Å²) >= 11 is 5.74. The van der Waals surface area contributed by atoms with E-state index in [-0.39, 0.29) is 18.7 Å². The van der Waals surface area contributed by atoms with E-state index in [4.69, 9.17) is 11.6 Å². The second kappa shape index (κ2) is 9.29. The van der Waals surface area contributed by atoms with Gasteiger partial charge in [-0.25, -0.2) is 10.2 Å². The molecule has 130 valence electrons. The van der Waals surface area contributed by atoms with Gasteiger partial charge in [-0.1, -0.05) is 29.8 Å². The summed E-state index contributed by atoms with van der Waals surface area (Å²) in [7, 11) is 0. The Morgan fingerprint density at radius 2 is 1.32 bits per heavy atom. The van der Waals surface area contributed by atoms with Crippen molar-refractivity contribution in [3.63, 3.8) is 0 Å². The Morgan fingerprint density at radius 1 is 0.720 bits per heavy atom. The van der Waals surface area contributed by atoms with Gasteiger partial charge in [-0.3, -0.25) is 15.0 Å². The number of para-hydroxylation sites is 1. The number of urea groups is 1. The minimum atomic E-state index is -0.607. The molecule has 4 N–H and O–H groups in total. The van der Waals surface area contributed by atoms with E-state index in [0.717, 1.165) is 0 Å². The summed E-state index contributed by atoms with van der Waals surface area (Å²) in [6, 6.07) is 14.8. The average Bonchev–Trinajstić information content (AvgIpc) is 2.61. The normalized spacial score (nSPS) is 9.80. The minimum Gasteiger partial charge on any atom is -0.326 e. The van der Waals surface area contributed by atoms with Crippen molar-refractivity contribution in [3.05, 3.63) is 59.6 Å². The van der Waals surface area contributed by atoms with E-state index < -0.39 is 11.9 Å². The quantitative estimate of drug-likeness (QED) is 0.617. The van der Waals surface area contributed by atoms with Gasteiger partial charge in [0.2, 0.25) is 11.8 Å². The first-order valence-corrected chi connectivity index (χ1v) is 7.87. The van der Waals surface area contributed by atoms with Crippen LogP contribution in [0.4, 0.5) is 16.2 Å². The van der Waals surface area contributed by atoms with E-state index >= 15 is 0 Å². The Hall–Kier alpha value is -3.06. The van der Waals surface area contributed by atoms with Crippen LogP contribution in [-0.4, -0.2) is 17.8 Å². The molecule has 0 bridgehead atoms. The number of nitrogens with one attached hydrogen (secondary N) is 4. The van der Waals surface area contributed by atoms with Crippen molar-refractivity contribution in [3.8, 4) is 0 Å². The summed E-state index contributed by atoms with van der Waals surface area (Å²) in [6.07, 6.45) is -0.0545. The number of anilines is 2. The lowest BCUT2D eigenvalue weighted by molar-refractivity contribution is -0.124. The molecule has 0 aliphatic rings. The van der Waals surface area contributed by atoms with Gasteiger partial charge >= 0.3 is 6.03 Å². The van der Waals surface area contributed by atoms with E-state index in [0.29, 0.717) is 16.4 Å². The second-order valence-corrected chi connectivity index (χ2v) is 5.48. The molecule has 0 radical (unpaired) electrons. The highest BCUT2D eigenvalue weighted by atomic mass is 35.5. The molecule has 25 heavy (non-hydrogen) atoms. The van der Waals surface area contributed by atoms with Crippen molar-refractivity contribution >= 4 is 40.8 Å². The molecule has 0 saturated carbocycles. The maximum atomic E-state index is 11.7. The standard InChI is InChI=1S/C17H17ClN4O3/c18-12-6-8-14(9-7-12)20-17(25)22-21-16(24)11-10-15(23)19-13-4-2-1-3-5-13/h1-9H,10-11H2,(H,19,23)(H,21,24)(H2,20,22,25). The number of hydrazine groups is 1. The fourth-order valence-corrected chi connectivity index (χ4v) is 1.98. The third-order valence-corrected chi connectivity index (χ3v) is 3.31. The van der Waals surface area contributed by atoms with Crippen LogP contribution in [-0.2, 0) is 9.59 Å². The molecule has 4 amide bonds. The summed E-state index contributed by atoms with van der Waals surface area (Å²) < 4.78 is 0. The first kappa shape index (κ1) is 18.3. The Bertz CT molecular complexity index is 735. The van der Waals surface area contributed by atoms with Gasteiger partial charge in [0.25, 0.3) is 0 Å². The molecule has 0 aromatic heterocycles. The van der Waals surface area contributed by atoms with Gasteiger partial charge in [-0.05, 0) is 36.4 Å². The van der Waals surface area contributed by atoms with Gasteiger partial charge in [0.1, 0.15) is 0 Å². The van der Waals surface area contributed by atoms with Gasteiger partial charge in [-0.15, -0.1) is 0 Å². The van der Waals surface area contributed by atoms with E-state index in [1.807, 2.05) is 6.07 Å². The van der Waals surface area contributed by atoms with Gasteiger partial charge in [0.15, 0.2) is 0 Å². The van der Waals surface area contributed by atoms with Crippen LogP contribution in [0.1, 0.15) is 12.8 Å². The number of amides is 4. The van der Waals surface area contributed by atoms with E-state index in [9.17, 15) is 14.4 Å². The smallest absolute Gasteiger partial charge is 0.326 e. The largest absolute Gasteiger partial charge is 0.337 e. The lowest BCUT2D eigenvalue weighted by Gasteiger charge is -2.09. The molecule has 0 atom stereocenters. The number of benzene rings is 2. The third kappa shape index (κ3) is 6.92. The number of carbonyl (C=O) groups excluding carboxylic acids is 3. The highest BCUT2D eigenvalue weighted by Crippen LogP contribution is 2.12. The molecule has 0 aliphatic carbocycles. The molecular weight excluding hydrogens is 344 g/mol. The topological polar surface area (TPSA) is 99.3 Å². The van der Waals surface area contributed by atoms with Crippen LogP contribution in [0.25, 0.3) is 0 Å². The van der Waals surface area contributed by atoms with Gasteiger partial charge in [-0.2, -0.15) is 0 Å². The van der Waals surface area contributed by atoms with E-state index in [1.165, 1.54) is 0 Å². The van der Waals surface area contributed by atoms with Crippen molar-refractivity contribution in [1.29, 1.82) is 0 Å². The SMILES string of the molecule is O=C(CCC(=O)Nc1ccccc1)NNC(=O)Nc1ccc(Cl)cc1. The average molecular weight is 361 g/mol.